The van der Waals surface area contributed by atoms with Gasteiger partial charge in [0, 0.05) is 34.2 Å². The third-order valence-corrected chi connectivity index (χ3v) is 12.7. The van der Waals surface area contributed by atoms with Gasteiger partial charge in [0.1, 0.15) is 11.9 Å². The topological polar surface area (TPSA) is 66.5 Å². The SMILES string of the molecule is COc1ccc(CN2CCCc3cc(Cc4cc(Br)ccc4Cl)ccc32)cc1.C[C@H]1[C@H](O[Si](C)(C)C)[C@@H](O[Si](C)(C)C)C(=O)O[C@@H]1CO[Si](C)(C)C. The van der Waals surface area contributed by atoms with Crippen molar-refractivity contribution in [2.75, 3.05) is 25.2 Å². The zero-order valence-electron chi connectivity index (χ0n) is 33.0. The van der Waals surface area contributed by atoms with Crippen molar-refractivity contribution >= 4 is 64.1 Å². The molecule has 2 heterocycles. The summed E-state index contributed by atoms with van der Waals surface area (Å²) in [5.74, 6) is 0.647. The first-order chi connectivity index (χ1) is 24.2. The maximum atomic E-state index is 12.6. The Morgan fingerprint density at radius 2 is 1.52 bits per heavy atom. The minimum Gasteiger partial charge on any atom is -0.497 e. The van der Waals surface area contributed by atoms with Crippen LogP contribution in [0, 0.1) is 5.92 Å². The van der Waals surface area contributed by atoms with E-state index in [4.69, 9.17) is 34.4 Å². The van der Waals surface area contributed by atoms with Gasteiger partial charge in [0.2, 0.25) is 0 Å². The van der Waals surface area contributed by atoms with E-state index < -0.39 is 31.1 Å². The first-order valence-electron chi connectivity index (χ1n) is 18.3. The van der Waals surface area contributed by atoms with Crippen molar-refractivity contribution in [1.29, 1.82) is 0 Å². The van der Waals surface area contributed by atoms with Crippen LogP contribution in [0.25, 0.3) is 0 Å². The van der Waals surface area contributed by atoms with E-state index in [1.54, 1.807) is 7.11 Å². The van der Waals surface area contributed by atoms with Crippen LogP contribution in [0.4, 0.5) is 5.69 Å². The molecule has 0 aromatic heterocycles. The number of rotatable bonds is 12. The highest BCUT2D eigenvalue weighted by atomic mass is 79.9. The summed E-state index contributed by atoms with van der Waals surface area (Å²) in [5, 5.41) is 0.821. The van der Waals surface area contributed by atoms with E-state index in [0.717, 1.165) is 46.7 Å². The van der Waals surface area contributed by atoms with Crippen LogP contribution >= 0.6 is 27.5 Å². The van der Waals surface area contributed by atoms with Gasteiger partial charge in [0.25, 0.3) is 0 Å². The van der Waals surface area contributed by atoms with Crippen LogP contribution in [0.3, 0.4) is 0 Å². The summed E-state index contributed by atoms with van der Waals surface area (Å²) in [4.78, 5) is 15.1. The highest BCUT2D eigenvalue weighted by Gasteiger charge is 2.48. The lowest BCUT2D eigenvalue weighted by Gasteiger charge is -2.44. The first kappa shape index (κ1) is 42.8. The molecule has 286 valence electrons. The van der Waals surface area contributed by atoms with Gasteiger partial charge in [0.15, 0.2) is 31.1 Å². The Bertz CT molecular complexity index is 1640. The van der Waals surface area contributed by atoms with Crippen molar-refractivity contribution in [3.05, 3.63) is 92.4 Å². The average Bonchev–Trinajstić information content (AvgIpc) is 3.05. The molecule has 0 bridgehead atoms. The fourth-order valence-electron chi connectivity index (χ4n) is 6.39. The van der Waals surface area contributed by atoms with Gasteiger partial charge in [-0.1, -0.05) is 58.7 Å². The number of hydrogen-bond acceptors (Lipinski definition) is 7. The Morgan fingerprint density at radius 1 is 0.865 bits per heavy atom. The van der Waals surface area contributed by atoms with Crippen molar-refractivity contribution in [3.8, 4) is 5.75 Å². The quantitative estimate of drug-likeness (QED) is 0.133. The Morgan fingerprint density at radius 3 is 2.13 bits per heavy atom. The third kappa shape index (κ3) is 13.1. The van der Waals surface area contributed by atoms with Gasteiger partial charge in [-0.05, 0) is 137 Å². The monoisotopic (exact) mass is 847 g/mol. The van der Waals surface area contributed by atoms with Crippen LogP contribution in [-0.4, -0.2) is 69.5 Å². The maximum absolute atomic E-state index is 12.6. The molecular formula is C40H59BrClNO6Si3. The summed E-state index contributed by atoms with van der Waals surface area (Å²) in [7, 11) is -3.68. The average molecular weight is 850 g/mol. The number of benzene rings is 3. The molecule has 0 saturated carbocycles. The second-order valence-corrected chi connectivity index (χ2v) is 31.6. The van der Waals surface area contributed by atoms with Crippen molar-refractivity contribution in [1.82, 2.24) is 0 Å². The smallest absolute Gasteiger partial charge is 0.337 e. The van der Waals surface area contributed by atoms with Crippen LogP contribution < -0.4 is 9.64 Å². The summed E-state index contributed by atoms with van der Waals surface area (Å²) in [6.07, 6.45) is 2.01. The largest absolute Gasteiger partial charge is 0.497 e. The normalized spacial score (nSPS) is 20.8. The molecule has 1 fully saturated rings. The number of carbonyl (C=O) groups is 1. The molecule has 4 atom stereocenters. The van der Waals surface area contributed by atoms with Gasteiger partial charge in [-0.3, -0.25) is 0 Å². The fraction of sp³-hybridized carbons (Fsp3) is 0.525. The maximum Gasteiger partial charge on any atom is 0.337 e. The number of methoxy groups -OCH3 is 1. The van der Waals surface area contributed by atoms with Gasteiger partial charge in [-0.15, -0.1) is 0 Å². The number of anilines is 1. The van der Waals surface area contributed by atoms with E-state index in [0.29, 0.717) is 6.61 Å². The number of ether oxygens (including phenoxy) is 2. The van der Waals surface area contributed by atoms with Gasteiger partial charge >= 0.3 is 5.97 Å². The van der Waals surface area contributed by atoms with E-state index in [2.05, 4.69) is 123 Å². The molecule has 0 radical (unpaired) electrons. The Labute approximate surface area is 329 Å². The van der Waals surface area contributed by atoms with Crippen LogP contribution in [0.15, 0.2) is 65.1 Å². The molecule has 2 aliphatic heterocycles. The van der Waals surface area contributed by atoms with Crippen LogP contribution in [0.2, 0.25) is 63.9 Å². The number of nitrogens with zero attached hydrogens (tertiary/aromatic N) is 1. The van der Waals surface area contributed by atoms with E-state index in [1.807, 2.05) is 24.3 Å². The highest BCUT2D eigenvalue weighted by molar-refractivity contribution is 9.10. The molecule has 3 aromatic rings. The molecule has 12 heteroatoms. The molecule has 0 N–H and O–H groups in total. The predicted molar refractivity (Wildman–Crippen MR) is 226 cm³/mol. The predicted octanol–water partition coefficient (Wildman–Crippen LogP) is 10.5. The standard InChI is InChI=1S/C24H23BrClNO.C16H36O5Si3/c1-28-22-8-4-17(5-9-22)16-27-12-2-3-19-13-18(6-11-24(19)27)14-20-15-21(25)7-10-23(20)26;1-12-13(11-18-22(2,3)4)19-16(17)15(21-24(8,9)10)14(12)20-23(5,6)7/h4-11,13,15H,2-3,12,14,16H2,1H3;12-15H,11H2,1-10H3/t;12-,13-,14+,15-/m.1/s1. The molecule has 0 amide bonds. The summed E-state index contributed by atoms with van der Waals surface area (Å²) in [5.41, 5.74) is 6.56. The van der Waals surface area contributed by atoms with Crippen molar-refractivity contribution in [2.24, 2.45) is 5.92 Å². The summed E-state index contributed by atoms with van der Waals surface area (Å²) >= 11 is 9.93. The van der Waals surface area contributed by atoms with Crippen LogP contribution in [0.5, 0.6) is 5.75 Å². The summed E-state index contributed by atoms with van der Waals surface area (Å²) < 4.78 is 30.5. The Kier molecular flexibility index (Phi) is 14.9. The molecule has 0 aliphatic carbocycles. The number of carbonyl (C=O) groups excluding carboxylic acids is 1. The van der Waals surface area contributed by atoms with E-state index in [1.165, 1.54) is 28.8 Å². The van der Waals surface area contributed by atoms with Gasteiger partial charge in [0.05, 0.1) is 19.8 Å². The van der Waals surface area contributed by atoms with Gasteiger partial charge in [-0.25, -0.2) is 4.79 Å². The van der Waals surface area contributed by atoms with Crippen molar-refractivity contribution in [3.63, 3.8) is 0 Å². The number of esters is 1. The van der Waals surface area contributed by atoms with Gasteiger partial charge in [-0.2, -0.15) is 0 Å². The van der Waals surface area contributed by atoms with E-state index in [9.17, 15) is 4.79 Å². The minimum absolute atomic E-state index is 0.0483. The zero-order chi connectivity index (χ0) is 38.4. The second-order valence-electron chi connectivity index (χ2n) is 16.9. The molecule has 1 saturated heterocycles. The molecule has 2 aliphatic rings. The lowest BCUT2D eigenvalue weighted by Crippen LogP contribution is -2.59. The summed E-state index contributed by atoms with van der Waals surface area (Å²) in [6.45, 7) is 23.6. The number of cyclic esters (lactones) is 1. The van der Waals surface area contributed by atoms with Crippen LogP contribution in [-0.2, 0) is 42.2 Å². The lowest BCUT2D eigenvalue weighted by molar-refractivity contribution is -0.187. The Hall–Kier alpha value is -1.97. The number of fused-ring (bicyclic) bond motifs is 1. The lowest BCUT2D eigenvalue weighted by atomic mass is 9.91. The van der Waals surface area contributed by atoms with Crippen molar-refractivity contribution in [2.45, 2.75) is 110 Å². The second kappa shape index (κ2) is 18.1. The first-order valence-corrected chi connectivity index (χ1v) is 29.7. The van der Waals surface area contributed by atoms with Crippen LogP contribution in [0.1, 0.15) is 35.6 Å². The molecular weight excluding hydrogens is 790 g/mol. The molecule has 3 aromatic carbocycles. The van der Waals surface area contributed by atoms with E-state index >= 15 is 0 Å². The number of aryl methyl sites for hydroxylation is 1. The number of halogens is 2. The molecule has 52 heavy (non-hydrogen) atoms. The van der Waals surface area contributed by atoms with Crippen molar-refractivity contribution < 1.29 is 27.5 Å². The highest BCUT2D eigenvalue weighted by Crippen LogP contribution is 2.33. The Balaban J connectivity index is 0.000000236. The summed E-state index contributed by atoms with van der Waals surface area (Å²) in [6, 6.07) is 21.3. The molecule has 7 nitrogen and oxygen atoms in total. The number of hydrogen-bond donors (Lipinski definition) is 0. The molecule has 0 spiro atoms. The third-order valence-electron chi connectivity index (χ3n) is 8.85. The molecule has 5 rings (SSSR count). The molecule has 0 unspecified atom stereocenters. The fourth-order valence-corrected chi connectivity index (χ4v) is 9.79. The van der Waals surface area contributed by atoms with E-state index in [-0.39, 0.29) is 24.1 Å². The van der Waals surface area contributed by atoms with Gasteiger partial charge < -0.3 is 27.7 Å². The zero-order valence-corrected chi connectivity index (χ0v) is 38.3. The minimum atomic E-state index is -1.89.